The van der Waals surface area contributed by atoms with Gasteiger partial charge in [-0.15, -0.1) is 0 Å². The summed E-state index contributed by atoms with van der Waals surface area (Å²) >= 11 is 0. The zero-order chi connectivity index (χ0) is 16.3. The zero-order valence-corrected chi connectivity index (χ0v) is 14.4. The van der Waals surface area contributed by atoms with Gasteiger partial charge in [-0.05, 0) is 24.5 Å². The second-order valence-corrected chi connectivity index (χ2v) is 7.22. The molecule has 1 N–H and O–H groups in total. The Labute approximate surface area is 133 Å². The van der Waals surface area contributed by atoms with Gasteiger partial charge in [-0.3, -0.25) is 4.57 Å². The summed E-state index contributed by atoms with van der Waals surface area (Å²) in [6, 6.07) is 9.54. The molecular formula is C17H27O4P. The van der Waals surface area contributed by atoms with E-state index in [1.165, 1.54) is 6.08 Å². The standard InChI is InChI=1S/C17H27O4P/c1-3-5-14-20-22(19,21-15-6-4-2)17(18)13-12-16-10-8-7-9-11-16/h7-13,17-18H,3-6,14-15H2,1-2H3/b13-12+/t17-/m1/s1. The molecule has 0 amide bonds. The van der Waals surface area contributed by atoms with Crippen molar-refractivity contribution in [1.29, 1.82) is 0 Å². The van der Waals surface area contributed by atoms with E-state index in [9.17, 15) is 9.67 Å². The Morgan fingerprint density at radius 2 is 1.64 bits per heavy atom. The van der Waals surface area contributed by atoms with Crippen LogP contribution in [-0.4, -0.2) is 24.2 Å². The smallest absolute Gasteiger partial charge is 0.362 e. The maximum Gasteiger partial charge on any atom is 0.362 e. The largest absolute Gasteiger partial charge is 0.377 e. The van der Waals surface area contributed by atoms with Crippen LogP contribution in [0.5, 0.6) is 0 Å². The van der Waals surface area contributed by atoms with Gasteiger partial charge in [0.15, 0.2) is 5.85 Å². The van der Waals surface area contributed by atoms with Crippen molar-refractivity contribution in [3.05, 3.63) is 42.0 Å². The van der Waals surface area contributed by atoms with Crippen molar-refractivity contribution in [2.24, 2.45) is 0 Å². The van der Waals surface area contributed by atoms with Crippen LogP contribution in [0.3, 0.4) is 0 Å². The lowest BCUT2D eigenvalue weighted by Crippen LogP contribution is -2.11. The van der Waals surface area contributed by atoms with Gasteiger partial charge in [-0.1, -0.05) is 63.1 Å². The van der Waals surface area contributed by atoms with Crippen LogP contribution in [0.1, 0.15) is 45.1 Å². The van der Waals surface area contributed by atoms with E-state index >= 15 is 0 Å². The number of aliphatic hydroxyl groups is 1. The Kier molecular flexibility index (Phi) is 9.33. The number of aliphatic hydroxyl groups excluding tert-OH is 1. The molecule has 0 bridgehead atoms. The zero-order valence-electron chi connectivity index (χ0n) is 13.5. The molecule has 0 aliphatic rings. The van der Waals surface area contributed by atoms with Crippen LogP contribution in [0.2, 0.25) is 0 Å². The Morgan fingerprint density at radius 3 is 2.14 bits per heavy atom. The molecule has 124 valence electrons. The normalized spacial score (nSPS) is 13.6. The third kappa shape index (κ3) is 6.89. The van der Waals surface area contributed by atoms with E-state index in [-0.39, 0.29) is 0 Å². The second-order valence-electron chi connectivity index (χ2n) is 5.10. The quantitative estimate of drug-likeness (QED) is 0.467. The van der Waals surface area contributed by atoms with E-state index in [0.29, 0.717) is 13.2 Å². The summed E-state index contributed by atoms with van der Waals surface area (Å²) < 4.78 is 23.5. The van der Waals surface area contributed by atoms with Gasteiger partial charge in [-0.2, -0.15) is 0 Å². The number of hydrogen-bond donors (Lipinski definition) is 1. The molecule has 5 heteroatoms. The van der Waals surface area contributed by atoms with Crippen LogP contribution in [0.25, 0.3) is 6.08 Å². The molecule has 0 fully saturated rings. The minimum Gasteiger partial charge on any atom is -0.377 e. The maximum absolute atomic E-state index is 12.7. The van der Waals surface area contributed by atoms with Gasteiger partial charge in [-0.25, -0.2) is 0 Å². The van der Waals surface area contributed by atoms with Gasteiger partial charge in [0.1, 0.15) is 0 Å². The van der Waals surface area contributed by atoms with Crippen molar-refractivity contribution in [3.63, 3.8) is 0 Å². The lowest BCUT2D eigenvalue weighted by atomic mass is 10.2. The van der Waals surface area contributed by atoms with Gasteiger partial charge < -0.3 is 14.2 Å². The molecule has 22 heavy (non-hydrogen) atoms. The predicted octanol–water partition coefficient (Wildman–Crippen LogP) is 4.84. The number of hydrogen-bond acceptors (Lipinski definition) is 4. The molecule has 0 saturated carbocycles. The first-order chi connectivity index (χ1) is 10.6. The first-order valence-corrected chi connectivity index (χ1v) is 9.53. The first kappa shape index (κ1) is 19.1. The Hall–Kier alpha value is -0.930. The number of benzene rings is 1. The fourth-order valence-electron chi connectivity index (χ4n) is 1.73. The molecule has 1 aromatic carbocycles. The van der Waals surface area contributed by atoms with Gasteiger partial charge in [0, 0.05) is 0 Å². The van der Waals surface area contributed by atoms with E-state index in [4.69, 9.17) is 9.05 Å². The Bertz CT molecular complexity index is 459. The summed E-state index contributed by atoms with van der Waals surface area (Å²) in [5, 5.41) is 10.2. The Morgan fingerprint density at radius 1 is 1.09 bits per heavy atom. The fourth-order valence-corrected chi connectivity index (χ4v) is 3.17. The van der Waals surface area contributed by atoms with Crippen molar-refractivity contribution in [2.75, 3.05) is 13.2 Å². The van der Waals surface area contributed by atoms with E-state index in [2.05, 4.69) is 0 Å². The maximum atomic E-state index is 12.7. The minimum atomic E-state index is -3.54. The van der Waals surface area contributed by atoms with Gasteiger partial charge in [0.2, 0.25) is 0 Å². The molecule has 0 spiro atoms. The van der Waals surface area contributed by atoms with Crippen LogP contribution in [0.15, 0.2) is 36.4 Å². The summed E-state index contributed by atoms with van der Waals surface area (Å²) in [6.45, 7) is 4.71. The topological polar surface area (TPSA) is 55.8 Å². The monoisotopic (exact) mass is 326 g/mol. The lowest BCUT2D eigenvalue weighted by Gasteiger charge is -2.21. The highest BCUT2D eigenvalue weighted by Gasteiger charge is 2.32. The average molecular weight is 326 g/mol. The van der Waals surface area contributed by atoms with Gasteiger partial charge >= 0.3 is 7.60 Å². The highest BCUT2D eigenvalue weighted by atomic mass is 31.2. The molecule has 0 radical (unpaired) electrons. The van der Waals surface area contributed by atoms with Crippen LogP contribution < -0.4 is 0 Å². The van der Waals surface area contributed by atoms with Crippen LogP contribution in [-0.2, 0) is 13.6 Å². The lowest BCUT2D eigenvalue weighted by molar-refractivity contribution is 0.156. The van der Waals surface area contributed by atoms with Crippen LogP contribution in [0.4, 0.5) is 0 Å². The minimum absolute atomic E-state index is 0.330. The van der Waals surface area contributed by atoms with E-state index < -0.39 is 13.4 Å². The summed E-state index contributed by atoms with van der Waals surface area (Å²) in [6.07, 6.45) is 6.65. The fraction of sp³-hybridized carbons (Fsp3) is 0.529. The average Bonchev–Trinajstić information content (AvgIpc) is 2.54. The molecule has 0 aliphatic carbocycles. The number of unbranched alkanes of at least 4 members (excludes halogenated alkanes) is 2. The molecule has 0 aliphatic heterocycles. The molecule has 1 aromatic rings. The molecule has 0 heterocycles. The SMILES string of the molecule is CCCCOP(=O)(OCCCC)[C@@H](O)/C=C/c1ccccc1. The van der Waals surface area contributed by atoms with Crippen LogP contribution >= 0.6 is 7.60 Å². The second kappa shape index (κ2) is 10.7. The first-order valence-electron chi connectivity index (χ1n) is 7.92. The van der Waals surface area contributed by atoms with E-state index in [0.717, 1.165) is 31.2 Å². The third-order valence-corrected chi connectivity index (χ3v) is 5.03. The van der Waals surface area contributed by atoms with E-state index in [1.807, 2.05) is 44.2 Å². The van der Waals surface area contributed by atoms with Crippen molar-refractivity contribution < 1.29 is 18.7 Å². The van der Waals surface area contributed by atoms with E-state index in [1.54, 1.807) is 6.08 Å². The highest BCUT2D eigenvalue weighted by molar-refractivity contribution is 7.54. The van der Waals surface area contributed by atoms with Crippen LogP contribution in [0, 0.1) is 0 Å². The van der Waals surface area contributed by atoms with Crippen molar-refractivity contribution in [1.82, 2.24) is 0 Å². The summed E-state index contributed by atoms with van der Waals surface area (Å²) in [7, 11) is -3.54. The van der Waals surface area contributed by atoms with Crippen molar-refractivity contribution in [3.8, 4) is 0 Å². The molecule has 1 atom stereocenters. The molecule has 0 saturated heterocycles. The summed E-state index contributed by atoms with van der Waals surface area (Å²) in [5.74, 6) is -1.25. The van der Waals surface area contributed by atoms with Crippen molar-refractivity contribution >= 4 is 13.7 Å². The van der Waals surface area contributed by atoms with Crippen molar-refractivity contribution in [2.45, 2.75) is 45.4 Å². The molecule has 1 rings (SSSR count). The Balaban J connectivity index is 2.70. The molecule has 4 nitrogen and oxygen atoms in total. The number of rotatable bonds is 11. The predicted molar refractivity (Wildman–Crippen MR) is 90.8 cm³/mol. The highest BCUT2D eigenvalue weighted by Crippen LogP contribution is 2.53. The molecule has 0 aromatic heterocycles. The summed E-state index contributed by atoms with van der Waals surface area (Å²) in [4.78, 5) is 0. The third-order valence-electron chi connectivity index (χ3n) is 3.12. The molecule has 0 unspecified atom stereocenters. The molecular weight excluding hydrogens is 299 g/mol. The van der Waals surface area contributed by atoms with Gasteiger partial charge in [0.25, 0.3) is 0 Å². The van der Waals surface area contributed by atoms with Gasteiger partial charge in [0.05, 0.1) is 13.2 Å². The summed E-state index contributed by atoms with van der Waals surface area (Å²) in [5.41, 5.74) is 0.926.